The maximum atomic E-state index is 3.68. The number of hydrogen-bond acceptors (Lipinski definition) is 2. The van der Waals surface area contributed by atoms with Gasteiger partial charge in [0.05, 0.1) is 0 Å². The predicted molar refractivity (Wildman–Crippen MR) is 68.4 cm³/mol. The topological polar surface area (TPSA) is 12.0 Å². The molecule has 1 aliphatic rings. The lowest BCUT2D eigenvalue weighted by Crippen LogP contribution is -2.41. The van der Waals surface area contributed by atoms with E-state index >= 15 is 0 Å². The van der Waals surface area contributed by atoms with Crippen LogP contribution in [-0.4, -0.2) is 17.0 Å². The van der Waals surface area contributed by atoms with Crippen LogP contribution >= 0.6 is 11.8 Å². The van der Waals surface area contributed by atoms with Crippen molar-refractivity contribution in [2.75, 3.05) is 5.75 Å². The lowest BCUT2D eigenvalue weighted by molar-refractivity contribution is 0.461. The van der Waals surface area contributed by atoms with Crippen molar-refractivity contribution in [1.29, 1.82) is 0 Å². The van der Waals surface area contributed by atoms with Gasteiger partial charge in [-0.25, -0.2) is 0 Å². The minimum absolute atomic E-state index is 0.513. The molecule has 2 rings (SSSR count). The molecule has 15 heavy (non-hydrogen) atoms. The van der Waals surface area contributed by atoms with E-state index in [1.807, 2.05) is 0 Å². The van der Waals surface area contributed by atoms with Crippen molar-refractivity contribution >= 4 is 11.8 Å². The van der Waals surface area contributed by atoms with E-state index in [-0.39, 0.29) is 0 Å². The van der Waals surface area contributed by atoms with Crippen LogP contribution in [0.15, 0.2) is 24.3 Å². The van der Waals surface area contributed by atoms with Crippen molar-refractivity contribution < 1.29 is 0 Å². The Morgan fingerprint density at radius 3 is 2.53 bits per heavy atom. The van der Waals surface area contributed by atoms with Crippen molar-refractivity contribution in [2.45, 2.75) is 38.1 Å². The van der Waals surface area contributed by atoms with Gasteiger partial charge in [-0.2, -0.15) is 11.8 Å². The van der Waals surface area contributed by atoms with Gasteiger partial charge < -0.3 is 5.32 Å². The zero-order valence-corrected chi connectivity index (χ0v) is 10.5. The Hall–Kier alpha value is -0.470. The molecule has 82 valence electrons. The highest BCUT2D eigenvalue weighted by atomic mass is 32.2. The third-order valence-electron chi connectivity index (χ3n) is 2.98. The fraction of sp³-hybridized carbons (Fsp3) is 0.538. The quantitative estimate of drug-likeness (QED) is 0.782. The number of aryl methyl sites for hydroxylation is 1. The van der Waals surface area contributed by atoms with E-state index < -0.39 is 0 Å². The molecule has 1 aromatic carbocycles. The third kappa shape index (κ3) is 2.56. The van der Waals surface area contributed by atoms with Gasteiger partial charge in [-0.15, -0.1) is 0 Å². The summed E-state index contributed by atoms with van der Waals surface area (Å²) in [4.78, 5) is 0. The van der Waals surface area contributed by atoms with Crippen LogP contribution in [0, 0.1) is 6.92 Å². The summed E-state index contributed by atoms with van der Waals surface area (Å²) < 4.78 is 0. The molecular formula is C13H19NS. The van der Waals surface area contributed by atoms with Gasteiger partial charge in [-0.3, -0.25) is 0 Å². The monoisotopic (exact) mass is 221 g/mol. The maximum absolute atomic E-state index is 3.68. The molecule has 0 aliphatic carbocycles. The Labute approximate surface area is 96.7 Å². The van der Waals surface area contributed by atoms with Crippen molar-refractivity contribution in [1.82, 2.24) is 5.32 Å². The van der Waals surface area contributed by atoms with Crippen LogP contribution in [0.3, 0.4) is 0 Å². The van der Waals surface area contributed by atoms with Gasteiger partial charge in [0.15, 0.2) is 0 Å². The summed E-state index contributed by atoms with van der Waals surface area (Å²) in [6.07, 6.45) is 0. The molecule has 1 fully saturated rings. The van der Waals surface area contributed by atoms with Crippen LogP contribution in [0.2, 0.25) is 0 Å². The van der Waals surface area contributed by atoms with Crippen molar-refractivity contribution in [2.24, 2.45) is 0 Å². The highest BCUT2D eigenvalue weighted by Crippen LogP contribution is 2.31. The zero-order chi connectivity index (χ0) is 10.8. The van der Waals surface area contributed by atoms with E-state index in [0.29, 0.717) is 17.3 Å². The molecule has 1 heterocycles. The van der Waals surface area contributed by atoms with E-state index in [1.165, 1.54) is 16.9 Å². The zero-order valence-electron chi connectivity index (χ0n) is 9.66. The third-order valence-corrected chi connectivity index (χ3v) is 4.47. The average Bonchev–Trinajstić information content (AvgIpc) is 2.23. The van der Waals surface area contributed by atoms with Crippen molar-refractivity contribution in [3.8, 4) is 0 Å². The lowest BCUT2D eigenvalue weighted by atomic mass is 10.0. The van der Waals surface area contributed by atoms with Gasteiger partial charge in [0.1, 0.15) is 0 Å². The summed E-state index contributed by atoms with van der Waals surface area (Å²) in [5.74, 6) is 1.23. The summed E-state index contributed by atoms with van der Waals surface area (Å²) >= 11 is 2.07. The Morgan fingerprint density at radius 2 is 1.87 bits per heavy atom. The summed E-state index contributed by atoms with van der Waals surface area (Å²) in [7, 11) is 0. The SMILES string of the molecule is Cc1ccc(C2NC(C)CSC2C)cc1. The van der Waals surface area contributed by atoms with Crippen LogP contribution in [0.5, 0.6) is 0 Å². The van der Waals surface area contributed by atoms with E-state index in [0.717, 1.165) is 0 Å². The van der Waals surface area contributed by atoms with E-state index in [2.05, 4.69) is 62.1 Å². The first kappa shape index (κ1) is 11.0. The Balaban J connectivity index is 2.17. The highest BCUT2D eigenvalue weighted by Gasteiger charge is 2.26. The molecule has 0 bridgehead atoms. The Kier molecular flexibility index (Phi) is 3.37. The lowest BCUT2D eigenvalue weighted by Gasteiger charge is -2.34. The molecule has 0 aromatic heterocycles. The summed E-state index contributed by atoms with van der Waals surface area (Å²) in [5.41, 5.74) is 2.76. The van der Waals surface area contributed by atoms with Gasteiger partial charge in [-0.05, 0) is 19.4 Å². The fourth-order valence-electron chi connectivity index (χ4n) is 2.02. The minimum atomic E-state index is 0.513. The Morgan fingerprint density at radius 1 is 1.20 bits per heavy atom. The highest BCUT2D eigenvalue weighted by molar-refractivity contribution is 8.00. The first-order chi connectivity index (χ1) is 7.16. The summed E-state index contributed by atoms with van der Waals surface area (Å²) in [5, 5.41) is 4.35. The van der Waals surface area contributed by atoms with Crippen molar-refractivity contribution in [3.05, 3.63) is 35.4 Å². The van der Waals surface area contributed by atoms with Crippen molar-refractivity contribution in [3.63, 3.8) is 0 Å². The van der Waals surface area contributed by atoms with Crippen LogP contribution in [0.25, 0.3) is 0 Å². The molecule has 0 spiro atoms. The van der Waals surface area contributed by atoms with Crippen LogP contribution in [0.4, 0.5) is 0 Å². The van der Waals surface area contributed by atoms with E-state index in [4.69, 9.17) is 0 Å². The number of benzene rings is 1. The molecule has 1 aliphatic heterocycles. The van der Waals surface area contributed by atoms with Gasteiger partial charge in [0.25, 0.3) is 0 Å². The molecule has 0 saturated carbocycles. The molecule has 1 aromatic rings. The number of thioether (sulfide) groups is 1. The number of nitrogens with one attached hydrogen (secondary N) is 1. The standard InChI is InChI=1S/C13H19NS/c1-9-4-6-12(7-5-9)13-11(3)15-8-10(2)14-13/h4-7,10-11,13-14H,8H2,1-3H3. The van der Waals surface area contributed by atoms with Crippen LogP contribution in [-0.2, 0) is 0 Å². The maximum Gasteiger partial charge on any atom is 0.0440 e. The molecule has 0 amide bonds. The molecule has 2 heteroatoms. The molecule has 1 nitrogen and oxygen atoms in total. The molecule has 1 N–H and O–H groups in total. The second-order valence-electron chi connectivity index (χ2n) is 4.49. The van der Waals surface area contributed by atoms with Crippen LogP contribution < -0.4 is 5.32 Å². The Bertz CT molecular complexity index is 320. The van der Waals surface area contributed by atoms with E-state index in [9.17, 15) is 0 Å². The largest absolute Gasteiger partial charge is 0.306 e. The second-order valence-corrected chi connectivity index (χ2v) is 5.90. The molecule has 0 radical (unpaired) electrons. The molecular weight excluding hydrogens is 202 g/mol. The molecule has 3 unspecified atom stereocenters. The van der Waals surface area contributed by atoms with Gasteiger partial charge in [0, 0.05) is 23.1 Å². The van der Waals surface area contributed by atoms with Gasteiger partial charge >= 0.3 is 0 Å². The first-order valence-corrected chi connectivity index (χ1v) is 6.66. The second kappa shape index (κ2) is 4.58. The van der Waals surface area contributed by atoms with Gasteiger partial charge in [0.2, 0.25) is 0 Å². The minimum Gasteiger partial charge on any atom is -0.306 e. The van der Waals surface area contributed by atoms with E-state index in [1.54, 1.807) is 0 Å². The van der Waals surface area contributed by atoms with Gasteiger partial charge in [-0.1, -0.05) is 36.8 Å². The summed E-state index contributed by atoms with van der Waals surface area (Å²) in [6, 6.07) is 10.0. The summed E-state index contributed by atoms with van der Waals surface area (Å²) in [6.45, 7) is 6.72. The normalized spacial score (nSPS) is 31.5. The van der Waals surface area contributed by atoms with Crippen LogP contribution in [0.1, 0.15) is 31.0 Å². The molecule has 3 atom stereocenters. The first-order valence-electron chi connectivity index (χ1n) is 5.61. The molecule has 1 saturated heterocycles. The fourth-order valence-corrected chi connectivity index (χ4v) is 3.14. The average molecular weight is 221 g/mol. The number of rotatable bonds is 1. The number of hydrogen-bond donors (Lipinski definition) is 1. The predicted octanol–water partition coefficient (Wildman–Crippen LogP) is 3.15. The smallest absolute Gasteiger partial charge is 0.0440 e.